The third kappa shape index (κ3) is 2.37. The first kappa shape index (κ1) is 13.3. The molecule has 0 aliphatic heterocycles. The smallest absolute Gasteiger partial charge is 0.333 e. The quantitative estimate of drug-likeness (QED) is 0.693. The number of nitrogens with two attached hydrogens (primary N) is 1. The molecule has 1 aromatic heterocycles. The Kier molecular flexibility index (Phi) is 3.39. The molecule has 0 amide bonds. The molecule has 0 aliphatic carbocycles. The molecule has 2 rings (SSSR count). The second-order valence-electron chi connectivity index (χ2n) is 3.93. The lowest BCUT2D eigenvalue weighted by Gasteiger charge is -2.06. The molecule has 0 fully saturated rings. The van der Waals surface area contributed by atoms with Crippen molar-refractivity contribution >= 4 is 23.1 Å². The minimum absolute atomic E-state index is 0.0635. The summed E-state index contributed by atoms with van der Waals surface area (Å²) in [5.41, 5.74) is 5.74. The molecular weight excluding hydrogens is 275 g/mol. The maximum Gasteiger partial charge on any atom is 0.333 e. The predicted molar refractivity (Wildman–Crippen MR) is 68.5 cm³/mol. The number of nitrogens with zero attached hydrogens (tertiary/aromatic N) is 3. The van der Waals surface area contributed by atoms with Gasteiger partial charge in [-0.25, -0.2) is 9.07 Å². The number of nitrogen functional groups attached to an aromatic ring is 1. The van der Waals surface area contributed by atoms with Gasteiger partial charge in [0.25, 0.3) is 0 Å². The summed E-state index contributed by atoms with van der Waals surface area (Å²) in [6.07, 6.45) is 0. The van der Waals surface area contributed by atoms with Gasteiger partial charge < -0.3 is 5.73 Å². The summed E-state index contributed by atoms with van der Waals surface area (Å²) in [5, 5.41) is 15.0. The summed E-state index contributed by atoms with van der Waals surface area (Å²) in [5.74, 6) is -0.635. The molecule has 8 heteroatoms. The molecule has 0 unspecified atom stereocenters. The summed E-state index contributed by atoms with van der Waals surface area (Å²) in [6, 6.07) is 4.25. The number of halogens is 2. The summed E-state index contributed by atoms with van der Waals surface area (Å²) >= 11 is 5.89. The van der Waals surface area contributed by atoms with Crippen LogP contribution in [0.15, 0.2) is 18.2 Å². The number of hydrogen-bond donors (Lipinski definition) is 1. The molecule has 0 saturated carbocycles. The highest BCUT2D eigenvalue weighted by Crippen LogP contribution is 2.27. The van der Waals surface area contributed by atoms with Crippen molar-refractivity contribution in [2.75, 3.05) is 5.73 Å². The minimum Gasteiger partial charge on any atom is -0.378 e. The van der Waals surface area contributed by atoms with Crippen molar-refractivity contribution in [3.8, 4) is 0 Å². The third-order valence-corrected chi connectivity index (χ3v) is 3.04. The first-order valence-electron chi connectivity index (χ1n) is 5.32. The van der Waals surface area contributed by atoms with E-state index in [-0.39, 0.29) is 34.3 Å². The van der Waals surface area contributed by atoms with E-state index in [0.717, 1.165) is 4.68 Å². The molecule has 0 saturated heterocycles. The van der Waals surface area contributed by atoms with Gasteiger partial charge >= 0.3 is 5.69 Å². The Morgan fingerprint density at radius 2 is 2.26 bits per heavy atom. The number of rotatable bonds is 3. The second kappa shape index (κ2) is 4.85. The Bertz CT molecular complexity index is 636. The second-order valence-corrected chi connectivity index (χ2v) is 4.34. The molecule has 0 spiro atoms. The molecule has 1 heterocycles. The predicted octanol–water partition coefficient (Wildman–Crippen LogP) is 2.52. The summed E-state index contributed by atoms with van der Waals surface area (Å²) < 4.78 is 14.8. The highest BCUT2D eigenvalue weighted by atomic mass is 35.5. The standard InChI is InChI=1S/C11H10ClFN4O2/c1-6-10(17(18)19)11(14)16(15-6)5-7-8(12)3-2-4-9(7)13/h2-4H,5,14H2,1H3. The van der Waals surface area contributed by atoms with E-state index in [0.29, 0.717) is 0 Å². The van der Waals surface area contributed by atoms with Gasteiger partial charge in [-0.15, -0.1) is 0 Å². The number of hydrogen-bond acceptors (Lipinski definition) is 4. The highest BCUT2D eigenvalue weighted by molar-refractivity contribution is 6.31. The van der Waals surface area contributed by atoms with Crippen molar-refractivity contribution in [2.45, 2.75) is 13.5 Å². The van der Waals surface area contributed by atoms with Crippen LogP contribution in [0.1, 0.15) is 11.3 Å². The van der Waals surface area contributed by atoms with E-state index in [4.69, 9.17) is 17.3 Å². The zero-order chi connectivity index (χ0) is 14.2. The van der Waals surface area contributed by atoms with E-state index in [1.807, 2.05) is 0 Å². The molecule has 6 nitrogen and oxygen atoms in total. The van der Waals surface area contributed by atoms with Crippen LogP contribution in [-0.2, 0) is 6.54 Å². The normalized spacial score (nSPS) is 10.7. The van der Waals surface area contributed by atoms with Crippen molar-refractivity contribution in [1.82, 2.24) is 9.78 Å². The first-order valence-corrected chi connectivity index (χ1v) is 5.69. The highest BCUT2D eigenvalue weighted by Gasteiger charge is 2.23. The molecule has 1 aromatic carbocycles. The number of benzene rings is 1. The third-order valence-electron chi connectivity index (χ3n) is 2.69. The first-order chi connectivity index (χ1) is 8.91. The SMILES string of the molecule is Cc1nn(Cc2c(F)cccc2Cl)c(N)c1[N+](=O)[O-]. The monoisotopic (exact) mass is 284 g/mol. The molecule has 0 radical (unpaired) electrons. The molecule has 2 aromatic rings. The number of nitro groups is 1. The average molecular weight is 285 g/mol. The van der Waals surface area contributed by atoms with Gasteiger partial charge in [-0.05, 0) is 19.1 Å². The van der Waals surface area contributed by atoms with Gasteiger partial charge in [0.15, 0.2) is 0 Å². The fourth-order valence-electron chi connectivity index (χ4n) is 1.77. The molecular formula is C11H10ClFN4O2. The topological polar surface area (TPSA) is 87.0 Å². The van der Waals surface area contributed by atoms with Gasteiger partial charge in [0.1, 0.15) is 11.5 Å². The Labute approximate surface area is 112 Å². The zero-order valence-corrected chi connectivity index (χ0v) is 10.7. The van der Waals surface area contributed by atoms with E-state index in [1.165, 1.54) is 25.1 Å². The Morgan fingerprint density at radius 1 is 1.58 bits per heavy atom. The van der Waals surface area contributed by atoms with Crippen molar-refractivity contribution in [3.63, 3.8) is 0 Å². The van der Waals surface area contributed by atoms with Crippen LogP contribution in [0.3, 0.4) is 0 Å². The maximum atomic E-state index is 13.6. The number of anilines is 1. The van der Waals surface area contributed by atoms with Crippen LogP contribution in [-0.4, -0.2) is 14.7 Å². The van der Waals surface area contributed by atoms with Crippen LogP contribution in [0.4, 0.5) is 15.9 Å². The van der Waals surface area contributed by atoms with Crippen molar-refractivity contribution < 1.29 is 9.31 Å². The van der Waals surface area contributed by atoms with Crippen LogP contribution in [0.5, 0.6) is 0 Å². The Morgan fingerprint density at radius 3 is 2.79 bits per heavy atom. The van der Waals surface area contributed by atoms with Gasteiger partial charge in [0.05, 0.1) is 11.5 Å². The van der Waals surface area contributed by atoms with Crippen molar-refractivity contribution in [2.24, 2.45) is 0 Å². The molecule has 2 N–H and O–H groups in total. The van der Waals surface area contributed by atoms with Crippen LogP contribution in [0.25, 0.3) is 0 Å². The molecule has 0 atom stereocenters. The lowest BCUT2D eigenvalue weighted by atomic mass is 10.2. The molecule has 100 valence electrons. The number of aromatic nitrogens is 2. The van der Waals surface area contributed by atoms with Gasteiger partial charge in [-0.3, -0.25) is 10.1 Å². The molecule has 0 bridgehead atoms. The van der Waals surface area contributed by atoms with Crippen molar-refractivity contribution in [1.29, 1.82) is 0 Å². The zero-order valence-electron chi connectivity index (χ0n) is 9.93. The maximum absolute atomic E-state index is 13.6. The molecule has 0 aliphatic rings. The van der Waals surface area contributed by atoms with Crippen LogP contribution < -0.4 is 5.73 Å². The van der Waals surface area contributed by atoms with E-state index in [1.54, 1.807) is 0 Å². The van der Waals surface area contributed by atoms with E-state index >= 15 is 0 Å². The minimum atomic E-state index is -0.614. The van der Waals surface area contributed by atoms with Crippen molar-refractivity contribution in [3.05, 3.63) is 50.4 Å². The fraction of sp³-hybridized carbons (Fsp3) is 0.182. The largest absolute Gasteiger partial charge is 0.378 e. The summed E-state index contributed by atoms with van der Waals surface area (Å²) in [4.78, 5) is 10.2. The van der Waals surface area contributed by atoms with Crippen LogP contribution in [0, 0.1) is 22.9 Å². The van der Waals surface area contributed by atoms with Gasteiger partial charge in [-0.1, -0.05) is 17.7 Å². The summed E-state index contributed by atoms with van der Waals surface area (Å²) in [7, 11) is 0. The average Bonchev–Trinajstić information content (AvgIpc) is 2.59. The van der Waals surface area contributed by atoms with Gasteiger partial charge in [0, 0.05) is 10.6 Å². The van der Waals surface area contributed by atoms with E-state index in [2.05, 4.69) is 5.10 Å². The fourth-order valence-corrected chi connectivity index (χ4v) is 1.99. The van der Waals surface area contributed by atoms with Gasteiger partial charge in [-0.2, -0.15) is 5.10 Å². The van der Waals surface area contributed by atoms with Gasteiger partial charge in [0.2, 0.25) is 5.82 Å². The van der Waals surface area contributed by atoms with Crippen LogP contribution in [0.2, 0.25) is 5.02 Å². The Balaban J connectivity index is 2.45. The van der Waals surface area contributed by atoms with Crippen LogP contribution >= 0.6 is 11.6 Å². The summed E-state index contributed by atoms with van der Waals surface area (Å²) in [6.45, 7) is 1.40. The number of aryl methyl sites for hydroxylation is 1. The molecule has 19 heavy (non-hydrogen) atoms. The van der Waals surface area contributed by atoms with E-state index < -0.39 is 10.7 Å². The Hall–Kier alpha value is -2.15. The van der Waals surface area contributed by atoms with E-state index in [9.17, 15) is 14.5 Å². The lowest BCUT2D eigenvalue weighted by Crippen LogP contribution is -2.08. The lowest BCUT2D eigenvalue weighted by molar-refractivity contribution is -0.384.